The Kier molecular flexibility index (Phi) is 5.39. The van der Waals surface area contributed by atoms with Gasteiger partial charge in [-0.1, -0.05) is 24.3 Å². The number of carbonyl (C=O) groups is 1. The summed E-state index contributed by atoms with van der Waals surface area (Å²) in [5, 5.41) is 2.60. The number of anilines is 1. The second-order valence-electron chi connectivity index (χ2n) is 5.30. The van der Waals surface area contributed by atoms with Crippen LogP contribution in [-0.4, -0.2) is 27.2 Å². The molecule has 0 saturated heterocycles. The van der Waals surface area contributed by atoms with Crippen LogP contribution in [0, 0.1) is 6.92 Å². The van der Waals surface area contributed by atoms with Gasteiger partial charge in [0, 0.05) is 5.69 Å². The smallest absolute Gasteiger partial charge is 0.239 e. The molecule has 1 N–H and O–H groups in total. The Labute approximate surface area is 136 Å². The monoisotopic (exact) mass is 333 g/mol. The number of amides is 1. The molecule has 0 atom stereocenters. The van der Waals surface area contributed by atoms with Gasteiger partial charge in [-0.3, -0.25) is 4.79 Å². The predicted octanol–water partition coefficient (Wildman–Crippen LogP) is 2.56. The first-order valence-corrected chi connectivity index (χ1v) is 8.90. The van der Waals surface area contributed by atoms with E-state index >= 15 is 0 Å². The molecule has 6 heteroatoms. The summed E-state index contributed by atoms with van der Waals surface area (Å²) < 4.78 is 29.4. The molecule has 0 aliphatic heterocycles. The standard InChI is InChI=1S/C17H19NO4S/c1-13-5-3-7-15(9-13)18-17(19)12-23(20,21)11-14-6-4-8-16(10-14)22-2/h3-10H,11-12H2,1-2H3,(H,18,19). The fourth-order valence-corrected chi connectivity index (χ4v) is 3.45. The quantitative estimate of drug-likeness (QED) is 0.882. The van der Waals surface area contributed by atoms with Crippen LogP contribution in [0.1, 0.15) is 11.1 Å². The van der Waals surface area contributed by atoms with Crippen molar-refractivity contribution in [2.75, 3.05) is 18.2 Å². The van der Waals surface area contributed by atoms with Crippen LogP contribution in [0.2, 0.25) is 0 Å². The first-order valence-electron chi connectivity index (χ1n) is 7.08. The van der Waals surface area contributed by atoms with Gasteiger partial charge in [0.1, 0.15) is 11.5 Å². The van der Waals surface area contributed by atoms with Crippen LogP contribution in [0.5, 0.6) is 5.75 Å². The molecule has 0 unspecified atom stereocenters. The molecule has 0 aromatic heterocycles. The zero-order valence-corrected chi connectivity index (χ0v) is 13.9. The van der Waals surface area contributed by atoms with Gasteiger partial charge >= 0.3 is 0 Å². The van der Waals surface area contributed by atoms with E-state index in [0.29, 0.717) is 17.0 Å². The topological polar surface area (TPSA) is 72.5 Å². The number of hydrogen-bond acceptors (Lipinski definition) is 4. The second kappa shape index (κ2) is 7.28. The van der Waals surface area contributed by atoms with Crippen LogP contribution >= 0.6 is 0 Å². The van der Waals surface area contributed by atoms with Gasteiger partial charge in [0.25, 0.3) is 0 Å². The lowest BCUT2D eigenvalue weighted by Gasteiger charge is -2.08. The van der Waals surface area contributed by atoms with Gasteiger partial charge in [-0.05, 0) is 42.3 Å². The largest absolute Gasteiger partial charge is 0.497 e. The van der Waals surface area contributed by atoms with Gasteiger partial charge in [-0.15, -0.1) is 0 Å². The molecule has 0 bridgehead atoms. The van der Waals surface area contributed by atoms with Gasteiger partial charge < -0.3 is 10.1 Å². The lowest BCUT2D eigenvalue weighted by molar-refractivity contribution is -0.113. The maximum atomic E-state index is 12.2. The zero-order valence-electron chi connectivity index (χ0n) is 13.1. The molecule has 5 nitrogen and oxygen atoms in total. The minimum Gasteiger partial charge on any atom is -0.497 e. The first kappa shape index (κ1) is 17.0. The van der Waals surface area contributed by atoms with E-state index in [1.165, 1.54) is 7.11 Å². The SMILES string of the molecule is COc1cccc(CS(=O)(=O)CC(=O)Nc2cccc(C)c2)c1. The summed E-state index contributed by atoms with van der Waals surface area (Å²) in [5.74, 6) is -0.718. The number of hydrogen-bond donors (Lipinski definition) is 1. The van der Waals surface area contributed by atoms with Crippen molar-refractivity contribution in [3.8, 4) is 5.75 Å². The molecule has 0 spiro atoms. The van der Waals surface area contributed by atoms with Crippen molar-refractivity contribution in [1.29, 1.82) is 0 Å². The predicted molar refractivity (Wildman–Crippen MR) is 90.3 cm³/mol. The van der Waals surface area contributed by atoms with Crippen LogP contribution in [0.25, 0.3) is 0 Å². The number of benzene rings is 2. The van der Waals surface area contributed by atoms with Crippen molar-refractivity contribution in [2.45, 2.75) is 12.7 Å². The van der Waals surface area contributed by atoms with Gasteiger partial charge in [-0.25, -0.2) is 8.42 Å². The van der Waals surface area contributed by atoms with Crippen LogP contribution in [0.3, 0.4) is 0 Å². The molecule has 0 heterocycles. The van der Waals surface area contributed by atoms with E-state index < -0.39 is 21.5 Å². The molecule has 0 aliphatic rings. The van der Waals surface area contributed by atoms with E-state index in [-0.39, 0.29) is 5.75 Å². The molecular formula is C17H19NO4S. The maximum Gasteiger partial charge on any atom is 0.239 e. The van der Waals surface area contributed by atoms with Crippen molar-refractivity contribution in [3.63, 3.8) is 0 Å². The first-order chi connectivity index (χ1) is 10.9. The molecule has 0 saturated carbocycles. The fourth-order valence-electron chi connectivity index (χ4n) is 2.19. The highest BCUT2D eigenvalue weighted by Gasteiger charge is 2.18. The summed E-state index contributed by atoms with van der Waals surface area (Å²) in [6.45, 7) is 1.90. The molecule has 1 amide bonds. The Morgan fingerprint density at radius 1 is 1.13 bits per heavy atom. The molecule has 23 heavy (non-hydrogen) atoms. The van der Waals surface area contributed by atoms with Gasteiger partial charge in [0.15, 0.2) is 9.84 Å². The third kappa shape index (κ3) is 5.41. The molecule has 0 fully saturated rings. The Balaban J connectivity index is 2.01. The summed E-state index contributed by atoms with van der Waals surface area (Å²) in [4.78, 5) is 11.9. The molecule has 2 aromatic rings. The number of ether oxygens (including phenoxy) is 1. The number of sulfone groups is 1. The van der Waals surface area contributed by atoms with Crippen LogP contribution in [-0.2, 0) is 20.4 Å². The summed E-state index contributed by atoms with van der Waals surface area (Å²) >= 11 is 0. The Morgan fingerprint density at radius 3 is 2.57 bits per heavy atom. The molecule has 2 aromatic carbocycles. The van der Waals surface area contributed by atoms with Crippen molar-refractivity contribution in [3.05, 3.63) is 59.7 Å². The molecule has 2 rings (SSSR count). The lowest BCUT2D eigenvalue weighted by atomic mass is 10.2. The lowest BCUT2D eigenvalue weighted by Crippen LogP contribution is -2.24. The summed E-state index contributed by atoms with van der Waals surface area (Å²) in [7, 11) is -2.04. The highest BCUT2D eigenvalue weighted by molar-refractivity contribution is 7.91. The van der Waals surface area contributed by atoms with Crippen molar-refractivity contribution < 1.29 is 17.9 Å². The molecule has 0 aliphatic carbocycles. The third-order valence-corrected chi connectivity index (χ3v) is 4.65. The van der Waals surface area contributed by atoms with E-state index in [4.69, 9.17) is 4.74 Å². The number of methoxy groups -OCH3 is 1. The highest BCUT2D eigenvalue weighted by atomic mass is 32.2. The van der Waals surface area contributed by atoms with Gasteiger partial charge in [0.05, 0.1) is 12.9 Å². The van der Waals surface area contributed by atoms with Crippen LogP contribution in [0.4, 0.5) is 5.69 Å². The fraction of sp³-hybridized carbons (Fsp3) is 0.235. The second-order valence-corrected chi connectivity index (χ2v) is 7.37. The number of carbonyl (C=O) groups excluding carboxylic acids is 1. The van der Waals surface area contributed by atoms with Crippen molar-refractivity contribution in [2.24, 2.45) is 0 Å². The summed E-state index contributed by atoms with van der Waals surface area (Å²) in [5.41, 5.74) is 2.17. The number of nitrogens with one attached hydrogen (secondary N) is 1. The molecule has 122 valence electrons. The molecular weight excluding hydrogens is 314 g/mol. The summed E-state index contributed by atoms with van der Waals surface area (Å²) in [6, 6.07) is 14.0. The van der Waals surface area contributed by atoms with E-state index in [1.807, 2.05) is 13.0 Å². The maximum absolute atomic E-state index is 12.2. The zero-order chi connectivity index (χ0) is 16.9. The highest BCUT2D eigenvalue weighted by Crippen LogP contribution is 2.16. The molecule has 0 radical (unpaired) electrons. The van der Waals surface area contributed by atoms with Crippen molar-refractivity contribution in [1.82, 2.24) is 0 Å². The Morgan fingerprint density at radius 2 is 1.87 bits per heavy atom. The number of aryl methyl sites for hydroxylation is 1. The van der Waals surface area contributed by atoms with E-state index in [9.17, 15) is 13.2 Å². The van der Waals surface area contributed by atoms with E-state index in [2.05, 4.69) is 5.32 Å². The van der Waals surface area contributed by atoms with E-state index in [1.54, 1.807) is 42.5 Å². The normalized spacial score (nSPS) is 11.0. The van der Waals surface area contributed by atoms with Crippen molar-refractivity contribution >= 4 is 21.4 Å². The average molecular weight is 333 g/mol. The Bertz CT molecular complexity index is 800. The van der Waals surface area contributed by atoms with Gasteiger partial charge in [-0.2, -0.15) is 0 Å². The number of rotatable bonds is 6. The average Bonchev–Trinajstić information content (AvgIpc) is 2.46. The Hall–Kier alpha value is -2.34. The van der Waals surface area contributed by atoms with Gasteiger partial charge in [0.2, 0.25) is 5.91 Å². The minimum absolute atomic E-state index is 0.203. The van der Waals surface area contributed by atoms with Crippen LogP contribution < -0.4 is 10.1 Å². The third-order valence-electron chi connectivity index (χ3n) is 3.17. The summed E-state index contributed by atoms with van der Waals surface area (Å²) in [6.07, 6.45) is 0. The minimum atomic E-state index is -3.56. The van der Waals surface area contributed by atoms with E-state index in [0.717, 1.165) is 5.56 Å². The van der Waals surface area contributed by atoms with Crippen LogP contribution in [0.15, 0.2) is 48.5 Å².